The van der Waals surface area contributed by atoms with E-state index in [0.717, 1.165) is 10.9 Å². The van der Waals surface area contributed by atoms with Crippen molar-refractivity contribution in [3.05, 3.63) is 36.0 Å². The standard InChI is InChI=1S/C14H15NO3/c1-8(9(2)14(17)18)13(16)11-7-15-12-6-4-3-5-10(11)12/h3-9,15H,1-2H3,(H,17,18). The minimum atomic E-state index is -0.948. The molecule has 4 heteroatoms. The zero-order valence-electron chi connectivity index (χ0n) is 10.3. The molecule has 2 rings (SSSR count). The molecule has 0 saturated heterocycles. The summed E-state index contributed by atoms with van der Waals surface area (Å²) in [6.07, 6.45) is 1.65. The van der Waals surface area contributed by atoms with Gasteiger partial charge in [0.2, 0.25) is 0 Å². The number of carbonyl (C=O) groups excluding carboxylic acids is 1. The highest BCUT2D eigenvalue weighted by Crippen LogP contribution is 2.24. The summed E-state index contributed by atoms with van der Waals surface area (Å²) >= 11 is 0. The molecule has 1 aromatic heterocycles. The number of benzene rings is 1. The molecule has 0 amide bonds. The van der Waals surface area contributed by atoms with Crippen molar-refractivity contribution in [3.63, 3.8) is 0 Å². The molecule has 0 aliphatic carbocycles. The molecule has 0 saturated carbocycles. The summed E-state index contributed by atoms with van der Waals surface area (Å²) in [5.41, 5.74) is 1.45. The molecule has 2 N–H and O–H groups in total. The van der Waals surface area contributed by atoms with E-state index in [1.807, 2.05) is 24.3 Å². The van der Waals surface area contributed by atoms with Crippen LogP contribution in [0.1, 0.15) is 24.2 Å². The Bertz CT molecular complexity index is 600. The number of carboxylic acids is 1. The van der Waals surface area contributed by atoms with Crippen LogP contribution in [0.15, 0.2) is 30.5 Å². The van der Waals surface area contributed by atoms with E-state index in [-0.39, 0.29) is 5.78 Å². The lowest BCUT2D eigenvalue weighted by Crippen LogP contribution is -2.25. The summed E-state index contributed by atoms with van der Waals surface area (Å²) in [6, 6.07) is 7.49. The lowest BCUT2D eigenvalue weighted by Gasteiger charge is -2.14. The zero-order valence-corrected chi connectivity index (χ0v) is 10.3. The van der Waals surface area contributed by atoms with E-state index >= 15 is 0 Å². The van der Waals surface area contributed by atoms with Crippen LogP contribution in [0.3, 0.4) is 0 Å². The molecule has 4 nitrogen and oxygen atoms in total. The Hall–Kier alpha value is -2.10. The number of para-hydroxylation sites is 1. The lowest BCUT2D eigenvalue weighted by atomic mass is 9.88. The Morgan fingerprint density at radius 2 is 1.83 bits per heavy atom. The van der Waals surface area contributed by atoms with E-state index in [9.17, 15) is 9.59 Å². The number of ketones is 1. The van der Waals surface area contributed by atoms with Gasteiger partial charge in [0.25, 0.3) is 0 Å². The quantitative estimate of drug-likeness (QED) is 0.813. The maximum absolute atomic E-state index is 12.3. The van der Waals surface area contributed by atoms with Crippen molar-refractivity contribution < 1.29 is 14.7 Å². The number of rotatable bonds is 4. The maximum Gasteiger partial charge on any atom is 0.306 e. The van der Waals surface area contributed by atoms with Crippen molar-refractivity contribution in [2.24, 2.45) is 11.8 Å². The van der Waals surface area contributed by atoms with Crippen molar-refractivity contribution in [2.45, 2.75) is 13.8 Å². The molecule has 2 unspecified atom stereocenters. The van der Waals surface area contributed by atoms with Crippen LogP contribution in [0, 0.1) is 11.8 Å². The first-order valence-electron chi connectivity index (χ1n) is 5.85. The van der Waals surface area contributed by atoms with Gasteiger partial charge < -0.3 is 10.1 Å². The van der Waals surface area contributed by atoms with Crippen molar-refractivity contribution in [2.75, 3.05) is 0 Å². The molecule has 0 aliphatic rings. The van der Waals surface area contributed by atoms with Crippen molar-refractivity contribution in [1.82, 2.24) is 4.98 Å². The molecule has 18 heavy (non-hydrogen) atoms. The highest BCUT2D eigenvalue weighted by Gasteiger charge is 2.27. The molecule has 0 bridgehead atoms. The second-order valence-corrected chi connectivity index (χ2v) is 4.53. The fourth-order valence-electron chi connectivity index (χ4n) is 1.96. The molecular weight excluding hydrogens is 230 g/mol. The van der Waals surface area contributed by atoms with Gasteiger partial charge in [0.15, 0.2) is 5.78 Å². The number of aliphatic carboxylic acids is 1. The van der Waals surface area contributed by atoms with E-state index in [1.54, 1.807) is 20.0 Å². The van der Waals surface area contributed by atoms with Crippen LogP contribution in [-0.2, 0) is 4.79 Å². The minimum absolute atomic E-state index is 0.137. The number of nitrogens with one attached hydrogen (secondary N) is 1. The predicted molar refractivity (Wildman–Crippen MR) is 68.6 cm³/mol. The smallest absolute Gasteiger partial charge is 0.306 e. The highest BCUT2D eigenvalue weighted by atomic mass is 16.4. The first-order chi connectivity index (χ1) is 8.52. The number of fused-ring (bicyclic) bond motifs is 1. The number of hydrogen-bond donors (Lipinski definition) is 2. The van der Waals surface area contributed by atoms with Gasteiger partial charge in [0.05, 0.1) is 5.92 Å². The first-order valence-corrected chi connectivity index (χ1v) is 5.85. The summed E-state index contributed by atoms with van der Waals surface area (Å²) in [5, 5.41) is 9.79. The van der Waals surface area contributed by atoms with Gasteiger partial charge in [0, 0.05) is 28.6 Å². The molecule has 0 spiro atoms. The molecule has 1 heterocycles. The van der Waals surface area contributed by atoms with Crippen LogP contribution in [-0.4, -0.2) is 21.8 Å². The van der Waals surface area contributed by atoms with E-state index in [0.29, 0.717) is 5.56 Å². The van der Waals surface area contributed by atoms with Crippen LogP contribution in [0.5, 0.6) is 0 Å². The van der Waals surface area contributed by atoms with E-state index in [1.165, 1.54) is 0 Å². The van der Waals surface area contributed by atoms with Gasteiger partial charge in [-0.15, -0.1) is 0 Å². The van der Waals surface area contributed by atoms with Gasteiger partial charge >= 0.3 is 5.97 Å². The number of carboxylic acid groups (broad SMARTS) is 1. The maximum atomic E-state index is 12.3. The Kier molecular flexibility index (Phi) is 3.19. The Balaban J connectivity index is 2.37. The third-order valence-corrected chi connectivity index (χ3v) is 3.41. The number of H-pyrrole nitrogens is 1. The van der Waals surface area contributed by atoms with Crippen LogP contribution in [0.2, 0.25) is 0 Å². The molecule has 0 radical (unpaired) electrons. The summed E-state index contributed by atoms with van der Waals surface area (Å²) < 4.78 is 0. The Labute approximate surface area is 105 Å². The minimum Gasteiger partial charge on any atom is -0.481 e. The third-order valence-electron chi connectivity index (χ3n) is 3.41. The zero-order chi connectivity index (χ0) is 13.3. The first kappa shape index (κ1) is 12.4. The highest BCUT2D eigenvalue weighted by molar-refractivity contribution is 6.09. The largest absolute Gasteiger partial charge is 0.481 e. The van der Waals surface area contributed by atoms with E-state index < -0.39 is 17.8 Å². The molecule has 2 aromatic rings. The fourth-order valence-corrected chi connectivity index (χ4v) is 1.96. The van der Waals surface area contributed by atoms with Gasteiger partial charge in [0.1, 0.15) is 0 Å². The number of Topliss-reactive ketones (excluding diaryl/α,β-unsaturated/α-hetero) is 1. The number of carbonyl (C=O) groups is 2. The monoisotopic (exact) mass is 245 g/mol. The molecule has 94 valence electrons. The molecule has 0 fully saturated rings. The fraction of sp³-hybridized carbons (Fsp3) is 0.286. The normalized spacial score (nSPS) is 14.3. The lowest BCUT2D eigenvalue weighted by molar-refractivity contribution is -0.142. The van der Waals surface area contributed by atoms with E-state index in [2.05, 4.69) is 4.98 Å². The van der Waals surface area contributed by atoms with Crippen molar-refractivity contribution >= 4 is 22.7 Å². The second-order valence-electron chi connectivity index (χ2n) is 4.53. The average Bonchev–Trinajstić information content (AvgIpc) is 2.79. The SMILES string of the molecule is CC(C(=O)O)C(C)C(=O)c1c[nH]c2ccccc12. The van der Waals surface area contributed by atoms with Crippen LogP contribution in [0.4, 0.5) is 0 Å². The van der Waals surface area contributed by atoms with Crippen LogP contribution in [0.25, 0.3) is 10.9 Å². The summed E-state index contributed by atoms with van der Waals surface area (Å²) in [4.78, 5) is 26.2. The molecular formula is C14H15NO3. The number of hydrogen-bond acceptors (Lipinski definition) is 2. The Morgan fingerprint density at radius 1 is 1.17 bits per heavy atom. The number of aromatic nitrogens is 1. The Morgan fingerprint density at radius 3 is 2.50 bits per heavy atom. The van der Waals surface area contributed by atoms with Gasteiger partial charge in [-0.05, 0) is 6.07 Å². The molecule has 2 atom stereocenters. The summed E-state index contributed by atoms with van der Waals surface area (Å²) in [5.74, 6) is -2.31. The van der Waals surface area contributed by atoms with Crippen LogP contribution >= 0.6 is 0 Å². The van der Waals surface area contributed by atoms with Gasteiger partial charge in [-0.25, -0.2) is 0 Å². The topological polar surface area (TPSA) is 70.2 Å². The van der Waals surface area contributed by atoms with Gasteiger partial charge in [-0.2, -0.15) is 0 Å². The van der Waals surface area contributed by atoms with Crippen molar-refractivity contribution in [1.29, 1.82) is 0 Å². The van der Waals surface area contributed by atoms with Gasteiger partial charge in [-0.1, -0.05) is 32.0 Å². The summed E-state index contributed by atoms with van der Waals surface area (Å²) in [6.45, 7) is 3.21. The van der Waals surface area contributed by atoms with Gasteiger partial charge in [-0.3, -0.25) is 9.59 Å². The van der Waals surface area contributed by atoms with Crippen molar-refractivity contribution in [3.8, 4) is 0 Å². The second kappa shape index (κ2) is 4.64. The predicted octanol–water partition coefficient (Wildman–Crippen LogP) is 2.71. The molecule has 1 aromatic carbocycles. The number of aromatic amines is 1. The molecule has 0 aliphatic heterocycles. The summed E-state index contributed by atoms with van der Waals surface area (Å²) in [7, 11) is 0. The average molecular weight is 245 g/mol. The van der Waals surface area contributed by atoms with Crippen LogP contribution < -0.4 is 0 Å². The third kappa shape index (κ3) is 2.01. The van der Waals surface area contributed by atoms with E-state index in [4.69, 9.17) is 5.11 Å².